The zero-order valence-corrected chi connectivity index (χ0v) is 43.4. The van der Waals surface area contributed by atoms with E-state index in [9.17, 15) is 9.59 Å². The van der Waals surface area contributed by atoms with Crippen LogP contribution in [0.25, 0.3) is 0 Å². The third-order valence-electron chi connectivity index (χ3n) is 13.4. The van der Waals surface area contributed by atoms with Crippen LogP contribution in [0.15, 0.2) is 24.3 Å². The lowest BCUT2D eigenvalue weighted by atomic mass is 10.1. The van der Waals surface area contributed by atoms with E-state index in [1.54, 1.807) is 24.3 Å². The highest BCUT2D eigenvalue weighted by molar-refractivity contribution is 5.93. The van der Waals surface area contributed by atoms with Crippen molar-refractivity contribution in [1.29, 1.82) is 0 Å². The summed E-state index contributed by atoms with van der Waals surface area (Å²) < 4.78 is 11.8. The molecule has 374 valence electrons. The van der Waals surface area contributed by atoms with Crippen LogP contribution < -0.4 is 0 Å². The number of benzene rings is 1. The first kappa shape index (κ1) is 60.1. The highest BCUT2D eigenvalue weighted by Crippen LogP contribution is 2.16. The Morgan fingerprint density at radius 2 is 0.469 bits per heavy atom. The molecule has 0 spiro atoms. The lowest BCUT2D eigenvalue weighted by Crippen LogP contribution is -2.30. The van der Waals surface area contributed by atoms with E-state index in [1.165, 1.54) is 231 Å². The molecule has 0 saturated heterocycles. The first-order chi connectivity index (χ1) is 31.5. The highest BCUT2D eigenvalue weighted by atomic mass is 16.5. The van der Waals surface area contributed by atoms with Gasteiger partial charge in [0, 0.05) is 26.2 Å². The Hall–Kier alpha value is -1.92. The molecule has 0 unspecified atom stereocenters. The van der Waals surface area contributed by atoms with Crippen LogP contribution in [0.1, 0.15) is 305 Å². The van der Waals surface area contributed by atoms with E-state index in [0.29, 0.717) is 24.6 Å². The van der Waals surface area contributed by atoms with Gasteiger partial charge in [-0.3, -0.25) is 9.80 Å². The van der Waals surface area contributed by atoms with Gasteiger partial charge in [0.05, 0.1) is 11.1 Å². The van der Waals surface area contributed by atoms with Crippen molar-refractivity contribution in [1.82, 2.24) is 9.80 Å². The summed E-state index contributed by atoms with van der Waals surface area (Å²) in [6.07, 6.45) is 52.8. The number of hydrogen-bond donors (Lipinski definition) is 0. The zero-order valence-electron chi connectivity index (χ0n) is 43.4. The van der Waals surface area contributed by atoms with Gasteiger partial charge in [-0.05, 0) is 49.9 Å². The van der Waals surface area contributed by atoms with Gasteiger partial charge in [0.2, 0.25) is 0 Å². The summed E-state index contributed by atoms with van der Waals surface area (Å²) in [7, 11) is 0. The zero-order chi connectivity index (χ0) is 46.2. The second-order valence-corrected chi connectivity index (χ2v) is 19.7. The fourth-order valence-electron chi connectivity index (χ4n) is 8.98. The standard InChI is InChI=1S/C58H108N2O4/c1-5-9-13-17-21-25-29-33-37-41-49-59(50-42-38-34-30-26-22-18-14-10-6-2)53-63-57(61)55-45-47-56(48-46-55)58(62)64-54-60(51-43-39-35-31-27-23-19-15-11-7-3)52-44-40-36-32-28-24-20-16-12-8-4/h45-48H,5-44,49-54H2,1-4H3. The van der Waals surface area contributed by atoms with Crippen molar-refractivity contribution in [2.45, 2.75) is 285 Å². The van der Waals surface area contributed by atoms with Crippen LogP contribution in [0, 0.1) is 0 Å². The average Bonchev–Trinajstić information content (AvgIpc) is 3.31. The van der Waals surface area contributed by atoms with Crippen LogP contribution >= 0.6 is 0 Å². The minimum Gasteiger partial charge on any atom is -0.446 e. The molecule has 1 aromatic rings. The first-order valence-corrected chi connectivity index (χ1v) is 28.4. The van der Waals surface area contributed by atoms with Gasteiger partial charge in [-0.15, -0.1) is 0 Å². The first-order valence-electron chi connectivity index (χ1n) is 28.4. The lowest BCUT2D eigenvalue weighted by molar-refractivity contribution is 0.0195. The van der Waals surface area contributed by atoms with E-state index in [0.717, 1.165) is 51.9 Å². The molecule has 6 nitrogen and oxygen atoms in total. The lowest BCUT2D eigenvalue weighted by Gasteiger charge is -2.22. The molecule has 0 aliphatic rings. The van der Waals surface area contributed by atoms with Gasteiger partial charge in [-0.1, -0.05) is 259 Å². The summed E-state index contributed by atoms with van der Waals surface area (Å²) in [6, 6.07) is 6.89. The molecule has 0 amide bonds. The second kappa shape index (κ2) is 47.6. The summed E-state index contributed by atoms with van der Waals surface area (Å²) in [5.41, 5.74) is 0.968. The van der Waals surface area contributed by atoms with Gasteiger partial charge in [0.1, 0.15) is 13.5 Å². The Kier molecular flexibility index (Phi) is 44.7. The molecule has 1 rings (SSSR count). The molecule has 1 aromatic carbocycles. The van der Waals surface area contributed by atoms with E-state index < -0.39 is 0 Å². The van der Waals surface area contributed by atoms with E-state index >= 15 is 0 Å². The van der Waals surface area contributed by atoms with Crippen LogP contribution in [0.5, 0.6) is 0 Å². The minimum absolute atomic E-state index is 0.324. The van der Waals surface area contributed by atoms with Crippen LogP contribution in [-0.2, 0) is 9.47 Å². The van der Waals surface area contributed by atoms with Crippen molar-refractivity contribution in [2.24, 2.45) is 0 Å². The number of nitrogens with zero attached hydrogens (tertiary/aromatic N) is 2. The van der Waals surface area contributed by atoms with Crippen LogP contribution in [0.2, 0.25) is 0 Å². The number of unbranched alkanes of at least 4 members (excludes halogenated alkanes) is 36. The molecular formula is C58H108N2O4. The molecule has 0 fully saturated rings. The van der Waals surface area contributed by atoms with Gasteiger partial charge in [-0.25, -0.2) is 9.59 Å². The molecule has 0 aliphatic heterocycles. The summed E-state index contributed by atoms with van der Waals surface area (Å²) in [6.45, 7) is 13.7. The van der Waals surface area contributed by atoms with Gasteiger partial charge in [0.25, 0.3) is 0 Å². The molecular weight excluding hydrogens is 789 g/mol. The predicted molar refractivity (Wildman–Crippen MR) is 278 cm³/mol. The number of ether oxygens (including phenoxy) is 2. The van der Waals surface area contributed by atoms with Crippen molar-refractivity contribution in [3.05, 3.63) is 35.4 Å². The number of carbonyl (C=O) groups excluding carboxylic acids is 2. The maximum Gasteiger partial charge on any atom is 0.339 e. The Morgan fingerprint density at radius 3 is 0.656 bits per heavy atom. The normalized spacial score (nSPS) is 11.6. The molecule has 0 N–H and O–H groups in total. The molecule has 0 aromatic heterocycles. The van der Waals surface area contributed by atoms with Crippen molar-refractivity contribution in [3.63, 3.8) is 0 Å². The van der Waals surface area contributed by atoms with E-state index in [-0.39, 0.29) is 11.9 Å². The predicted octanol–water partition coefficient (Wildman–Crippen LogP) is 18.2. The summed E-state index contributed by atoms with van der Waals surface area (Å²) >= 11 is 0. The molecule has 0 aliphatic carbocycles. The fraction of sp³-hybridized carbons (Fsp3) is 0.862. The third-order valence-corrected chi connectivity index (χ3v) is 13.4. The Balaban J connectivity index is 2.59. The van der Waals surface area contributed by atoms with Crippen molar-refractivity contribution < 1.29 is 19.1 Å². The topological polar surface area (TPSA) is 59.1 Å². The minimum atomic E-state index is -0.324. The maximum absolute atomic E-state index is 13.2. The number of hydrogen-bond acceptors (Lipinski definition) is 6. The van der Waals surface area contributed by atoms with Gasteiger partial charge < -0.3 is 9.47 Å². The Morgan fingerprint density at radius 1 is 0.297 bits per heavy atom. The van der Waals surface area contributed by atoms with Gasteiger partial charge in [0.15, 0.2) is 0 Å². The Bertz CT molecular complexity index is 991. The Labute approximate surface area is 398 Å². The SMILES string of the molecule is CCCCCCCCCCCCN(CCCCCCCCCCCC)COC(=O)c1ccc(C(=O)OCN(CCCCCCCCCCCC)CCCCCCCCCCCC)cc1. The fourth-order valence-corrected chi connectivity index (χ4v) is 8.98. The van der Waals surface area contributed by atoms with Gasteiger partial charge in [-0.2, -0.15) is 0 Å². The highest BCUT2D eigenvalue weighted by Gasteiger charge is 2.15. The third kappa shape index (κ3) is 38.2. The number of carbonyl (C=O) groups is 2. The van der Waals surface area contributed by atoms with Crippen LogP contribution in [0.3, 0.4) is 0 Å². The molecule has 0 radical (unpaired) electrons. The number of rotatable bonds is 50. The van der Waals surface area contributed by atoms with E-state index in [2.05, 4.69) is 37.5 Å². The molecule has 64 heavy (non-hydrogen) atoms. The van der Waals surface area contributed by atoms with E-state index in [4.69, 9.17) is 9.47 Å². The monoisotopic (exact) mass is 897 g/mol. The number of esters is 2. The summed E-state index contributed by atoms with van der Waals surface area (Å²) in [5.74, 6) is -0.648. The van der Waals surface area contributed by atoms with E-state index in [1.807, 2.05) is 0 Å². The smallest absolute Gasteiger partial charge is 0.339 e. The van der Waals surface area contributed by atoms with Crippen molar-refractivity contribution in [2.75, 3.05) is 39.6 Å². The van der Waals surface area contributed by atoms with Crippen LogP contribution in [0.4, 0.5) is 0 Å². The maximum atomic E-state index is 13.2. The summed E-state index contributed by atoms with van der Waals surface area (Å²) in [5, 5.41) is 0. The average molecular weight is 898 g/mol. The quantitative estimate of drug-likeness (QED) is 0.0369. The molecule has 0 heterocycles. The molecule has 0 saturated carbocycles. The molecule has 0 atom stereocenters. The van der Waals surface area contributed by atoms with Gasteiger partial charge >= 0.3 is 11.9 Å². The molecule has 6 heteroatoms. The largest absolute Gasteiger partial charge is 0.446 e. The van der Waals surface area contributed by atoms with Crippen molar-refractivity contribution in [3.8, 4) is 0 Å². The van der Waals surface area contributed by atoms with Crippen molar-refractivity contribution >= 4 is 11.9 Å². The molecule has 0 bridgehead atoms. The summed E-state index contributed by atoms with van der Waals surface area (Å²) in [4.78, 5) is 31.2. The second-order valence-electron chi connectivity index (χ2n) is 19.7. The van der Waals surface area contributed by atoms with Crippen LogP contribution in [-0.4, -0.2) is 61.4 Å².